The molecule has 0 radical (unpaired) electrons. The van der Waals surface area contributed by atoms with Crippen molar-refractivity contribution in [1.29, 1.82) is 0 Å². The molecule has 0 aliphatic carbocycles. The van der Waals surface area contributed by atoms with E-state index >= 15 is 0 Å². The van der Waals surface area contributed by atoms with Gasteiger partial charge in [-0.3, -0.25) is 0 Å². The molecule has 2 nitrogen and oxygen atoms in total. The zero-order valence-electron chi connectivity index (χ0n) is 8.66. The first kappa shape index (κ1) is 11.0. The van der Waals surface area contributed by atoms with E-state index in [1.807, 2.05) is 31.4 Å². The fourth-order valence-corrected chi connectivity index (χ4v) is 1.95. The Kier molecular flexibility index (Phi) is 3.89. The summed E-state index contributed by atoms with van der Waals surface area (Å²) in [6.45, 7) is 6.03. The van der Waals surface area contributed by atoms with Gasteiger partial charge in [0.15, 0.2) is 0 Å². The van der Waals surface area contributed by atoms with Crippen molar-refractivity contribution in [3.63, 3.8) is 0 Å². The number of carbonyl (C=O) groups excluding carboxylic acids is 1. The Morgan fingerprint density at radius 1 is 1.64 bits per heavy atom. The number of ether oxygens (including phenoxy) is 1. The summed E-state index contributed by atoms with van der Waals surface area (Å²) in [5, 5.41) is 2.01. The van der Waals surface area contributed by atoms with Crippen LogP contribution in [0.25, 0.3) is 6.08 Å². The van der Waals surface area contributed by atoms with E-state index < -0.39 is 0 Å². The number of carbonyl (C=O) groups is 1. The van der Waals surface area contributed by atoms with Gasteiger partial charge in [0, 0.05) is 10.5 Å². The Morgan fingerprint density at radius 3 is 2.86 bits per heavy atom. The molecule has 76 valence electrons. The maximum Gasteiger partial charge on any atom is 0.333 e. The van der Waals surface area contributed by atoms with E-state index in [0.717, 1.165) is 4.88 Å². The largest absolute Gasteiger partial charge is 0.463 e. The van der Waals surface area contributed by atoms with Crippen LogP contribution in [0.4, 0.5) is 0 Å². The van der Waals surface area contributed by atoms with Crippen LogP contribution in [0.3, 0.4) is 0 Å². The highest BCUT2D eigenvalue weighted by Gasteiger charge is 2.05. The topological polar surface area (TPSA) is 26.3 Å². The van der Waals surface area contributed by atoms with Crippen LogP contribution >= 0.6 is 11.3 Å². The van der Waals surface area contributed by atoms with Crippen LogP contribution in [0, 0.1) is 6.92 Å². The summed E-state index contributed by atoms with van der Waals surface area (Å²) in [5.41, 5.74) is 1.84. The van der Waals surface area contributed by atoms with Crippen LogP contribution in [0.2, 0.25) is 0 Å². The van der Waals surface area contributed by atoms with Gasteiger partial charge >= 0.3 is 5.97 Å². The molecule has 0 fully saturated rings. The van der Waals surface area contributed by atoms with Crippen LogP contribution in [0.5, 0.6) is 0 Å². The predicted molar refractivity (Wildman–Crippen MR) is 59.3 cm³/mol. The van der Waals surface area contributed by atoms with Gasteiger partial charge in [-0.15, -0.1) is 11.3 Å². The van der Waals surface area contributed by atoms with Gasteiger partial charge < -0.3 is 4.74 Å². The first-order valence-corrected chi connectivity index (χ1v) is 5.42. The first-order valence-electron chi connectivity index (χ1n) is 4.54. The highest BCUT2D eigenvalue weighted by atomic mass is 32.1. The fourth-order valence-electron chi connectivity index (χ4n) is 1.03. The third-order valence-electron chi connectivity index (χ3n) is 1.85. The molecule has 1 aromatic heterocycles. The van der Waals surface area contributed by atoms with Crippen molar-refractivity contribution in [3.05, 3.63) is 27.5 Å². The zero-order chi connectivity index (χ0) is 10.6. The standard InChI is InChI=1S/C11H14O2S/c1-4-13-11(12)9(3)7-10-8(2)5-6-14-10/h5-7H,4H2,1-3H3. The molecule has 0 amide bonds. The minimum atomic E-state index is -0.236. The van der Waals surface area contributed by atoms with Crippen LogP contribution in [-0.4, -0.2) is 12.6 Å². The van der Waals surface area contributed by atoms with Crippen LogP contribution in [0.15, 0.2) is 17.0 Å². The highest BCUT2D eigenvalue weighted by molar-refractivity contribution is 7.11. The summed E-state index contributed by atoms with van der Waals surface area (Å²) in [6, 6.07) is 2.04. The molecule has 0 unspecified atom stereocenters. The first-order chi connectivity index (χ1) is 6.65. The smallest absolute Gasteiger partial charge is 0.333 e. The molecule has 0 aromatic carbocycles. The number of thiophene rings is 1. The molecule has 14 heavy (non-hydrogen) atoms. The van der Waals surface area contributed by atoms with E-state index in [1.54, 1.807) is 18.3 Å². The summed E-state index contributed by atoms with van der Waals surface area (Å²) < 4.78 is 4.89. The van der Waals surface area contributed by atoms with Gasteiger partial charge in [0.05, 0.1) is 6.61 Å². The second kappa shape index (κ2) is 4.96. The number of rotatable bonds is 3. The predicted octanol–water partition coefficient (Wildman–Crippen LogP) is 3.02. The van der Waals surface area contributed by atoms with Gasteiger partial charge in [0.25, 0.3) is 0 Å². The molecule has 0 bridgehead atoms. The van der Waals surface area contributed by atoms with Crippen LogP contribution in [-0.2, 0) is 9.53 Å². The number of hydrogen-bond acceptors (Lipinski definition) is 3. The quantitative estimate of drug-likeness (QED) is 0.566. The average Bonchev–Trinajstić information content (AvgIpc) is 2.52. The Labute approximate surface area is 88.2 Å². The van der Waals surface area contributed by atoms with Gasteiger partial charge in [-0.1, -0.05) is 0 Å². The summed E-state index contributed by atoms with van der Waals surface area (Å²) >= 11 is 1.63. The lowest BCUT2D eigenvalue weighted by Gasteiger charge is -2.00. The minimum Gasteiger partial charge on any atom is -0.463 e. The van der Waals surface area contributed by atoms with Crippen molar-refractivity contribution in [2.24, 2.45) is 0 Å². The second-order valence-corrected chi connectivity index (χ2v) is 3.96. The van der Waals surface area contributed by atoms with E-state index in [1.165, 1.54) is 5.56 Å². The highest BCUT2D eigenvalue weighted by Crippen LogP contribution is 2.19. The molecule has 0 N–H and O–H groups in total. The van der Waals surface area contributed by atoms with Gasteiger partial charge in [-0.05, 0) is 43.9 Å². The van der Waals surface area contributed by atoms with Gasteiger partial charge in [-0.25, -0.2) is 4.79 Å². The molecule has 1 aromatic rings. The molecule has 0 saturated heterocycles. The molecule has 0 aliphatic heterocycles. The zero-order valence-corrected chi connectivity index (χ0v) is 9.48. The third-order valence-corrected chi connectivity index (χ3v) is 2.81. The fraction of sp³-hybridized carbons (Fsp3) is 0.364. The van der Waals surface area contributed by atoms with Crippen molar-refractivity contribution in [3.8, 4) is 0 Å². The molecule has 0 atom stereocenters. The van der Waals surface area contributed by atoms with E-state index in [0.29, 0.717) is 12.2 Å². The lowest BCUT2D eigenvalue weighted by molar-refractivity contribution is -0.138. The van der Waals surface area contributed by atoms with E-state index in [9.17, 15) is 4.79 Å². The summed E-state index contributed by atoms with van der Waals surface area (Å²) in [6.07, 6.45) is 1.87. The van der Waals surface area contributed by atoms with Crippen molar-refractivity contribution in [2.75, 3.05) is 6.61 Å². The Bertz CT molecular complexity index is 350. The van der Waals surface area contributed by atoms with Crippen molar-refractivity contribution >= 4 is 23.4 Å². The maximum absolute atomic E-state index is 11.3. The normalized spacial score (nSPS) is 11.5. The molecule has 0 saturated carbocycles. The molecule has 0 spiro atoms. The molecular weight excluding hydrogens is 196 g/mol. The van der Waals surface area contributed by atoms with E-state index in [4.69, 9.17) is 4.74 Å². The Hall–Kier alpha value is -1.09. The summed E-state index contributed by atoms with van der Waals surface area (Å²) in [7, 11) is 0. The van der Waals surface area contributed by atoms with Crippen LogP contribution < -0.4 is 0 Å². The number of aryl methyl sites for hydroxylation is 1. The molecule has 3 heteroatoms. The van der Waals surface area contributed by atoms with E-state index in [2.05, 4.69) is 0 Å². The SMILES string of the molecule is CCOC(=O)C(C)=Cc1sccc1C. The summed E-state index contributed by atoms with van der Waals surface area (Å²) in [5.74, 6) is -0.236. The second-order valence-electron chi connectivity index (χ2n) is 3.02. The lowest BCUT2D eigenvalue weighted by Crippen LogP contribution is -2.04. The molecular formula is C11H14O2S. The van der Waals surface area contributed by atoms with Gasteiger partial charge in [-0.2, -0.15) is 0 Å². The van der Waals surface area contributed by atoms with Crippen molar-refractivity contribution in [1.82, 2.24) is 0 Å². The van der Waals surface area contributed by atoms with Gasteiger partial charge in [0.1, 0.15) is 0 Å². The number of hydrogen-bond donors (Lipinski definition) is 0. The monoisotopic (exact) mass is 210 g/mol. The van der Waals surface area contributed by atoms with Gasteiger partial charge in [0.2, 0.25) is 0 Å². The molecule has 0 aliphatic rings. The number of esters is 1. The average molecular weight is 210 g/mol. The van der Waals surface area contributed by atoms with E-state index in [-0.39, 0.29) is 5.97 Å². The Morgan fingerprint density at radius 2 is 2.36 bits per heavy atom. The molecule has 1 rings (SSSR count). The van der Waals surface area contributed by atoms with Crippen molar-refractivity contribution in [2.45, 2.75) is 20.8 Å². The lowest BCUT2D eigenvalue weighted by atomic mass is 10.2. The van der Waals surface area contributed by atoms with Crippen LogP contribution in [0.1, 0.15) is 24.3 Å². The molecule has 1 heterocycles. The maximum atomic E-state index is 11.3. The van der Waals surface area contributed by atoms with Crippen molar-refractivity contribution < 1.29 is 9.53 Å². The Balaban J connectivity index is 2.78. The minimum absolute atomic E-state index is 0.236. The summed E-state index contributed by atoms with van der Waals surface area (Å²) in [4.78, 5) is 12.4. The third kappa shape index (κ3) is 2.70.